The lowest BCUT2D eigenvalue weighted by Gasteiger charge is -2.32. The van der Waals surface area contributed by atoms with Gasteiger partial charge < -0.3 is 0 Å². The molecule has 0 N–H and O–H groups in total. The lowest BCUT2D eigenvalue weighted by atomic mass is 9.75. The Hall–Kier alpha value is 0.110. The van der Waals surface area contributed by atoms with Gasteiger partial charge in [-0.05, 0) is 28.8 Å². The number of rotatable bonds is 1. The molecule has 0 aliphatic heterocycles. The zero-order chi connectivity index (χ0) is 9.31. The third-order valence-electron chi connectivity index (χ3n) is 3.03. The number of nitrogens with zero attached hydrogens (tertiary/aromatic N) is 1. The van der Waals surface area contributed by atoms with Gasteiger partial charge in [0.1, 0.15) is 0 Å². The second-order valence-corrected chi connectivity index (χ2v) is 6.41. The molecule has 1 fully saturated rings. The van der Waals surface area contributed by atoms with Crippen molar-refractivity contribution in [1.82, 2.24) is 4.98 Å². The highest BCUT2D eigenvalue weighted by Gasteiger charge is 2.30. The van der Waals surface area contributed by atoms with Crippen LogP contribution in [0.1, 0.15) is 43.9 Å². The average molecular weight is 260 g/mol. The molecule has 13 heavy (non-hydrogen) atoms. The normalized spacial score (nSPS) is 21.7. The third kappa shape index (κ3) is 1.96. The molecule has 0 bridgehead atoms. The number of hydrogen-bond donors (Lipinski definition) is 0. The standard InChI is InChI=1S/C10H14BrNS/c1-10(5-3-2-4-6-10)8-7-12-9(11)13-8/h7H,2-6H2,1H3. The topological polar surface area (TPSA) is 12.9 Å². The minimum atomic E-state index is 0.419. The Morgan fingerprint density at radius 1 is 1.38 bits per heavy atom. The molecule has 3 heteroatoms. The van der Waals surface area contributed by atoms with E-state index in [0.29, 0.717) is 5.41 Å². The van der Waals surface area contributed by atoms with Gasteiger partial charge in [-0.2, -0.15) is 0 Å². The Bertz CT molecular complexity index is 289. The summed E-state index contributed by atoms with van der Waals surface area (Å²) in [5.41, 5.74) is 0.419. The van der Waals surface area contributed by atoms with Crippen LogP contribution in [0.2, 0.25) is 0 Å². The molecule has 0 atom stereocenters. The van der Waals surface area contributed by atoms with Gasteiger partial charge >= 0.3 is 0 Å². The fourth-order valence-electron chi connectivity index (χ4n) is 2.11. The summed E-state index contributed by atoms with van der Waals surface area (Å²) in [7, 11) is 0. The monoisotopic (exact) mass is 259 g/mol. The summed E-state index contributed by atoms with van der Waals surface area (Å²) in [6.07, 6.45) is 8.89. The lowest BCUT2D eigenvalue weighted by molar-refractivity contribution is 0.324. The fourth-order valence-corrected chi connectivity index (χ4v) is 3.58. The molecule has 0 aromatic carbocycles. The van der Waals surface area contributed by atoms with Gasteiger partial charge in [-0.1, -0.05) is 26.2 Å². The van der Waals surface area contributed by atoms with E-state index in [9.17, 15) is 0 Å². The van der Waals surface area contributed by atoms with Gasteiger partial charge in [0.25, 0.3) is 0 Å². The molecule has 2 rings (SSSR count). The number of thiazole rings is 1. The average Bonchev–Trinajstić information content (AvgIpc) is 2.54. The SMILES string of the molecule is CC1(c2cnc(Br)s2)CCCCC1. The zero-order valence-electron chi connectivity index (χ0n) is 7.85. The summed E-state index contributed by atoms with van der Waals surface area (Å²) in [5, 5.41) is 0. The van der Waals surface area contributed by atoms with Crippen molar-refractivity contribution in [3.63, 3.8) is 0 Å². The molecule has 0 spiro atoms. The van der Waals surface area contributed by atoms with Gasteiger partial charge in [0.2, 0.25) is 0 Å². The highest BCUT2D eigenvalue weighted by Crippen LogP contribution is 2.41. The maximum absolute atomic E-state index is 4.27. The van der Waals surface area contributed by atoms with Gasteiger partial charge in [-0.3, -0.25) is 0 Å². The molecule has 1 aromatic rings. The summed E-state index contributed by atoms with van der Waals surface area (Å²) < 4.78 is 1.02. The van der Waals surface area contributed by atoms with Gasteiger partial charge in [0.15, 0.2) is 3.92 Å². The Kier molecular flexibility index (Phi) is 2.75. The molecule has 1 nitrogen and oxygen atoms in total. The lowest BCUT2D eigenvalue weighted by Crippen LogP contribution is -2.23. The molecule has 1 aliphatic rings. The summed E-state index contributed by atoms with van der Waals surface area (Å²) in [5.74, 6) is 0. The maximum atomic E-state index is 4.27. The summed E-state index contributed by atoms with van der Waals surface area (Å²) >= 11 is 5.23. The van der Waals surface area contributed by atoms with E-state index in [1.54, 1.807) is 11.3 Å². The Morgan fingerprint density at radius 3 is 2.62 bits per heavy atom. The smallest absolute Gasteiger partial charge is 0.159 e. The first-order valence-electron chi connectivity index (χ1n) is 4.82. The van der Waals surface area contributed by atoms with Crippen LogP contribution < -0.4 is 0 Å². The number of hydrogen-bond acceptors (Lipinski definition) is 2. The Balaban J connectivity index is 2.22. The van der Waals surface area contributed by atoms with E-state index in [0.717, 1.165) is 3.92 Å². The molecule has 1 aliphatic carbocycles. The Labute approximate surface area is 91.7 Å². The van der Waals surface area contributed by atoms with E-state index in [2.05, 4.69) is 27.8 Å². The van der Waals surface area contributed by atoms with E-state index >= 15 is 0 Å². The fraction of sp³-hybridized carbons (Fsp3) is 0.700. The van der Waals surface area contributed by atoms with Crippen LogP contribution in [0.15, 0.2) is 10.1 Å². The van der Waals surface area contributed by atoms with Crippen molar-refractivity contribution in [2.75, 3.05) is 0 Å². The zero-order valence-corrected chi connectivity index (χ0v) is 10.2. The predicted octanol–water partition coefficient (Wildman–Crippen LogP) is 4.13. The van der Waals surface area contributed by atoms with Crippen molar-refractivity contribution in [3.05, 3.63) is 15.0 Å². The second kappa shape index (κ2) is 3.70. The van der Waals surface area contributed by atoms with Crippen molar-refractivity contribution < 1.29 is 0 Å². The Morgan fingerprint density at radius 2 is 2.08 bits per heavy atom. The van der Waals surface area contributed by atoms with Crippen LogP contribution in [0.4, 0.5) is 0 Å². The minimum absolute atomic E-state index is 0.419. The predicted molar refractivity (Wildman–Crippen MR) is 60.3 cm³/mol. The molecule has 72 valence electrons. The van der Waals surface area contributed by atoms with Crippen LogP contribution in [0.5, 0.6) is 0 Å². The van der Waals surface area contributed by atoms with E-state index < -0.39 is 0 Å². The van der Waals surface area contributed by atoms with Crippen LogP contribution in [0.25, 0.3) is 0 Å². The van der Waals surface area contributed by atoms with E-state index in [4.69, 9.17) is 0 Å². The molecule has 1 heterocycles. The largest absolute Gasteiger partial charge is 0.237 e. The molecular formula is C10H14BrNS. The van der Waals surface area contributed by atoms with Crippen molar-refractivity contribution in [1.29, 1.82) is 0 Å². The molecular weight excluding hydrogens is 246 g/mol. The maximum Gasteiger partial charge on any atom is 0.159 e. The van der Waals surface area contributed by atoms with Crippen LogP contribution in [-0.4, -0.2) is 4.98 Å². The quantitative estimate of drug-likeness (QED) is 0.739. The van der Waals surface area contributed by atoms with Crippen molar-refractivity contribution in [3.8, 4) is 0 Å². The van der Waals surface area contributed by atoms with Crippen LogP contribution in [-0.2, 0) is 5.41 Å². The third-order valence-corrected chi connectivity index (χ3v) is 4.81. The van der Waals surface area contributed by atoms with Gasteiger partial charge in [0, 0.05) is 16.5 Å². The summed E-state index contributed by atoms with van der Waals surface area (Å²) in [4.78, 5) is 5.73. The van der Waals surface area contributed by atoms with Crippen molar-refractivity contribution in [2.24, 2.45) is 0 Å². The first-order valence-corrected chi connectivity index (χ1v) is 6.43. The first-order chi connectivity index (χ1) is 6.21. The number of halogens is 1. The molecule has 1 aromatic heterocycles. The minimum Gasteiger partial charge on any atom is -0.237 e. The summed E-state index contributed by atoms with van der Waals surface area (Å²) in [6, 6.07) is 0. The molecule has 0 amide bonds. The van der Waals surface area contributed by atoms with E-state index in [1.807, 2.05) is 6.20 Å². The number of aromatic nitrogens is 1. The van der Waals surface area contributed by atoms with Gasteiger partial charge in [-0.25, -0.2) is 4.98 Å². The van der Waals surface area contributed by atoms with Crippen LogP contribution >= 0.6 is 27.3 Å². The second-order valence-electron chi connectivity index (χ2n) is 4.10. The van der Waals surface area contributed by atoms with Crippen LogP contribution in [0.3, 0.4) is 0 Å². The highest BCUT2D eigenvalue weighted by atomic mass is 79.9. The van der Waals surface area contributed by atoms with Gasteiger partial charge in [0.05, 0.1) is 0 Å². The summed E-state index contributed by atoms with van der Waals surface area (Å²) in [6.45, 7) is 2.38. The molecule has 1 saturated carbocycles. The van der Waals surface area contributed by atoms with Gasteiger partial charge in [-0.15, -0.1) is 11.3 Å². The van der Waals surface area contributed by atoms with Crippen molar-refractivity contribution >= 4 is 27.3 Å². The molecule has 0 unspecified atom stereocenters. The highest BCUT2D eigenvalue weighted by molar-refractivity contribution is 9.11. The first kappa shape index (κ1) is 9.66. The van der Waals surface area contributed by atoms with E-state index in [-0.39, 0.29) is 0 Å². The molecule has 0 saturated heterocycles. The van der Waals surface area contributed by atoms with Crippen molar-refractivity contribution in [2.45, 2.75) is 44.4 Å². The molecule has 0 radical (unpaired) electrons. The van der Waals surface area contributed by atoms with Crippen LogP contribution in [0, 0.1) is 0 Å². The van der Waals surface area contributed by atoms with E-state index in [1.165, 1.54) is 37.0 Å².